The number of rotatable bonds is 2. The van der Waals surface area contributed by atoms with Gasteiger partial charge in [-0.15, -0.1) is 0 Å². The summed E-state index contributed by atoms with van der Waals surface area (Å²) >= 11 is 0. The van der Waals surface area contributed by atoms with Crippen molar-refractivity contribution >= 4 is 5.97 Å². The first-order valence-corrected chi connectivity index (χ1v) is 5.29. The fourth-order valence-electron chi connectivity index (χ4n) is 2.15. The summed E-state index contributed by atoms with van der Waals surface area (Å²) in [6, 6.07) is 0. The molecule has 0 aromatic heterocycles. The van der Waals surface area contributed by atoms with Crippen LogP contribution in [0.1, 0.15) is 47.0 Å². The van der Waals surface area contributed by atoms with E-state index in [4.69, 9.17) is 5.11 Å². The van der Waals surface area contributed by atoms with Crippen LogP contribution in [0.5, 0.6) is 0 Å². The van der Waals surface area contributed by atoms with Crippen LogP contribution in [0.25, 0.3) is 0 Å². The van der Waals surface area contributed by atoms with Crippen molar-refractivity contribution in [2.45, 2.75) is 47.0 Å². The van der Waals surface area contributed by atoms with Gasteiger partial charge in [0.1, 0.15) is 0 Å². The summed E-state index contributed by atoms with van der Waals surface area (Å²) in [5.41, 5.74) is 1.97. The summed E-state index contributed by atoms with van der Waals surface area (Å²) in [5, 5.41) is 9.13. The molecule has 0 unspecified atom stereocenters. The molecule has 14 heavy (non-hydrogen) atoms. The number of carboxylic acid groups (broad SMARTS) is 1. The van der Waals surface area contributed by atoms with Gasteiger partial charge in [0, 0.05) is 5.57 Å². The van der Waals surface area contributed by atoms with Crippen LogP contribution in [0, 0.1) is 11.3 Å². The SMILES string of the molecule is CC(C)C1=C(C(=O)O)CC(C)(C)CC1. The van der Waals surface area contributed by atoms with Gasteiger partial charge in [-0.1, -0.05) is 33.3 Å². The Labute approximate surface area is 86.0 Å². The summed E-state index contributed by atoms with van der Waals surface area (Å²) in [4.78, 5) is 11.1. The number of carboxylic acids is 1. The first-order chi connectivity index (χ1) is 6.33. The van der Waals surface area contributed by atoms with Crippen molar-refractivity contribution in [3.63, 3.8) is 0 Å². The summed E-state index contributed by atoms with van der Waals surface area (Å²) in [6.07, 6.45) is 2.78. The average Bonchev–Trinajstić information content (AvgIpc) is 2.01. The van der Waals surface area contributed by atoms with Crippen LogP contribution >= 0.6 is 0 Å². The van der Waals surface area contributed by atoms with Crippen LogP contribution < -0.4 is 0 Å². The maximum Gasteiger partial charge on any atom is 0.331 e. The van der Waals surface area contributed by atoms with Gasteiger partial charge >= 0.3 is 5.97 Å². The molecule has 0 bridgehead atoms. The van der Waals surface area contributed by atoms with Gasteiger partial charge in [0.2, 0.25) is 0 Å². The fourth-order valence-corrected chi connectivity index (χ4v) is 2.15. The highest BCUT2D eigenvalue weighted by atomic mass is 16.4. The van der Waals surface area contributed by atoms with E-state index in [0.29, 0.717) is 11.5 Å². The minimum atomic E-state index is -0.721. The molecule has 2 heteroatoms. The molecule has 0 radical (unpaired) electrons. The molecule has 0 saturated carbocycles. The first-order valence-electron chi connectivity index (χ1n) is 5.29. The van der Waals surface area contributed by atoms with E-state index in [9.17, 15) is 4.79 Å². The Kier molecular flexibility index (Phi) is 3.03. The molecule has 0 fully saturated rings. The maximum atomic E-state index is 11.1. The summed E-state index contributed by atoms with van der Waals surface area (Å²) in [6.45, 7) is 8.45. The van der Waals surface area contributed by atoms with E-state index in [2.05, 4.69) is 27.7 Å². The van der Waals surface area contributed by atoms with Crippen LogP contribution in [-0.4, -0.2) is 11.1 Å². The molecule has 0 aromatic rings. The Balaban J connectivity index is 3.02. The Morgan fingerprint density at radius 1 is 1.43 bits per heavy atom. The highest BCUT2D eigenvalue weighted by molar-refractivity contribution is 5.88. The average molecular weight is 196 g/mol. The van der Waals surface area contributed by atoms with E-state index in [1.54, 1.807) is 0 Å². The van der Waals surface area contributed by atoms with E-state index in [-0.39, 0.29) is 5.41 Å². The predicted molar refractivity (Wildman–Crippen MR) is 57.1 cm³/mol. The van der Waals surface area contributed by atoms with Gasteiger partial charge in [-0.25, -0.2) is 4.79 Å². The van der Waals surface area contributed by atoms with Crippen molar-refractivity contribution in [2.75, 3.05) is 0 Å². The minimum absolute atomic E-state index is 0.159. The normalized spacial score (nSPS) is 21.5. The lowest BCUT2D eigenvalue weighted by molar-refractivity contribution is -0.133. The molecule has 1 aliphatic carbocycles. The number of allylic oxidation sites excluding steroid dienone is 1. The third kappa shape index (κ3) is 2.37. The lowest BCUT2D eigenvalue weighted by Crippen LogP contribution is -2.23. The molecule has 0 saturated heterocycles. The smallest absolute Gasteiger partial charge is 0.331 e. The molecule has 1 aliphatic rings. The zero-order valence-corrected chi connectivity index (χ0v) is 9.55. The quantitative estimate of drug-likeness (QED) is 0.736. The van der Waals surface area contributed by atoms with Crippen molar-refractivity contribution in [2.24, 2.45) is 11.3 Å². The Morgan fingerprint density at radius 2 is 2.00 bits per heavy atom. The van der Waals surface area contributed by atoms with Crippen molar-refractivity contribution in [3.8, 4) is 0 Å². The third-order valence-electron chi connectivity index (χ3n) is 3.07. The number of hydrogen-bond acceptors (Lipinski definition) is 1. The molecule has 80 valence electrons. The molecule has 0 aromatic carbocycles. The Hall–Kier alpha value is -0.790. The van der Waals surface area contributed by atoms with Crippen LogP contribution in [0.4, 0.5) is 0 Å². The molecular formula is C12H20O2. The van der Waals surface area contributed by atoms with Crippen molar-refractivity contribution in [3.05, 3.63) is 11.1 Å². The standard InChI is InChI=1S/C12H20O2/c1-8(2)9-5-6-12(3,4)7-10(9)11(13)14/h8H,5-7H2,1-4H3,(H,13,14). The van der Waals surface area contributed by atoms with Gasteiger partial charge in [0.15, 0.2) is 0 Å². The number of aliphatic carboxylic acids is 1. The van der Waals surface area contributed by atoms with Crippen LogP contribution in [0.3, 0.4) is 0 Å². The maximum absolute atomic E-state index is 11.1. The molecule has 0 spiro atoms. The second-order valence-electron chi connectivity index (χ2n) is 5.30. The largest absolute Gasteiger partial charge is 0.478 e. The third-order valence-corrected chi connectivity index (χ3v) is 3.07. The van der Waals surface area contributed by atoms with E-state index in [0.717, 1.165) is 24.8 Å². The Bertz CT molecular complexity index is 272. The van der Waals surface area contributed by atoms with Crippen LogP contribution in [0.2, 0.25) is 0 Å². The van der Waals surface area contributed by atoms with Crippen molar-refractivity contribution < 1.29 is 9.90 Å². The second kappa shape index (κ2) is 3.76. The summed E-state index contributed by atoms with van der Waals surface area (Å²) in [7, 11) is 0. The highest BCUT2D eigenvalue weighted by Gasteiger charge is 2.30. The zero-order valence-electron chi connectivity index (χ0n) is 9.55. The molecular weight excluding hydrogens is 176 g/mol. The van der Waals surface area contributed by atoms with Crippen molar-refractivity contribution in [1.82, 2.24) is 0 Å². The summed E-state index contributed by atoms with van der Waals surface area (Å²) in [5.74, 6) is -0.348. The predicted octanol–water partition coefficient (Wildman–Crippen LogP) is 3.23. The van der Waals surface area contributed by atoms with E-state index < -0.39 is 5.97 Å². The van der Waals surface area contributed by atoms with Crippen molar-refractivity contribution in [1.29, 1.82) is 0 Å². The minimum Gasteiger partial charge on any atom is -0.478 e. The molecule has 0 atom stereocenters. The first kappa shape index (κ1) is 11.3. The number of hydrogen-bond donors (Lipinski definition) is 1. The second-order valence-corrected chi connectivity index (χ2v) is 5.30. The molecule has 0 aliphatic heterocycles. The monoisotopic (exact) mass is 196 g/mol. The topological polar surface area (TPSA) is 37.3 Å². The van der Waals surface area contributed by atoms with E-state index in [1.165, 1.54) is 0 Å². The molecule has 0 amide bonds. The van der Waals surface area contributed by atoms with Gasteiger partial charge < -0.3 is 5.11 Å². The highest BCUT2D eigenvalue weighted by Crippen LogP contribution is 2.40. The van der Waals surface area contributed by atoms with Crippen LogP contribution in [-0.2, 0) is 4.79 Å². The van der Waals surface area contributed by atoms with Gasteiger partial charge in [-0.2, -0.15) is 0 Å². The molecule has 0 heterocycles. The molecule has 1 N–H and O–H groups in total. The number of carbonyl (C=O) groups is 1. The molecule has 2 nitrogen and oxygen atoms in total. The zero-order chi connectivity index (χ0) is 10.9. The Morgan fingerprint density at radius 3 is 2.43 bits per heavy atom. The van der Waals surface area contributed by atoms with Gasteiger partial charge in [-0.05, 0) is 30.6 Å². The van der Waals surface area contributed by atoms with Gasteiger partial charge in [0.25, 0.3) is 0 Å². The summed E-state index contributed by atoms with van der Waals surface area (Å²) < 4.78 is 0. The van der Waals surface area contributed by atoms with Gasteiger partial charge in [-0.3, -0.25) is 0 Å². The lowest BCUT2D eigenvalue weighted by Gasteiger charge is -2.33. The van der Waals surface area contributed by atoms with E-state index in [1.807, 2.05) is 0 Å². The van der Waals surface area contributed by atoms with Gasteiger partial charge in [0.05, 0.1) is 0 Å². The molecule has 1 rings (SSSR count). The van der Waals surface area contributed by atoms with E-state index >= 15 is 0 Å². The lowest BCUT2D eigenvalue weighted by atomic mass is 9.72. The fraction of sp³-hybridized carbons (Fsp3) is 0.750. The van der Waals surface area contributed by atoms with Crippen LogP contribution in [0.15, 0.2) is 11.1 Å².